The van der Waals surface area contributed by atoms with Gasteiger partial charge in [0, 0.05) is 42.1 Å². The van der Waals surface area contributed by atoms with Gasteiger partial charge in [0.2, 0.25) is 0 Å². The Bertz CT molecular complexity index is 1040. The van der Waals surface area contributed by atoms with E-state index in [-0.39, 0.29) is 0 Å². The van der Waals surface area contributed by atoms with Crippen molar-refractivity contribution in [3.05, 3.63) is 65.4 Å². The third kappa shape index (κ3) is 2.74. The topological polar surface area (TPSA) is 25.0 Å². The van der Waals surface area contributed by atoms with Gasteiger partial charge in [-0.25, -0.2) is 0 Å². The van der Waals surface area contributed by atoms with Crippen LogP contribution in [0.4, 0.5) is 0 Å². The fourth-order valence-electron chi connectivity index (χ4n) is 6.66. The summed E-state index contributed by atoms with van der Waals surface area (Å²) < 4.78 is 7.44. The first-order valence-corrected chi connectivity index (χ1v) is 11.4. The lowest BCUT2D eigenvalue weighted by Gasteiger charge is -2.59. The molecule has 5 heterocycles. The minimum Gasteiger partial charge on any atom is -0.489 e. The van der Waals surface area contributed by atoms with Crippen LogP contribution in [0.3, 0.4) is 0 Å². The van der Waals surface area contributed by atoms with E-state index in [1.807, 2.05) is 6.07 Å². The SMILES string of the molecule is CC[C@H]1C[N+]23CCc4c([nH]c5cc(OCc6ccccc6)ccc45)[C@@H]2C[C@@H]1CC3. The molecular formula is C26H31N2O+. The van der Waals surface area contributed by atoms with Crippen molar-refractivity contribution in [2.45, 2.75) is 45.3 Å². The monoisotopic (exact) mass is 387 g/mol. The molecule has 1 aromatic heterocycles. The summed E-state index contributed by atoms with van der Waals surface area (Å²) in [4.78, 5) is 3.87. The number of ether oxygens (including phenoxy) is 1. The fraction of sp³-hybridized carbons (Fsp3) is 0.462. The summed E-state index contributed by atoms with van der Waals surface area (Å²) in [5, 5.41) is 1.42. The Balaban J connectivity index is 1.31. The van der Waals surface area contributed by atoms with Crippen molar-refractivity contribution in [3.63, 3.8) is 0 Å². The van der Waals surface area contributed by atoms with E-state index in [0.29, 0.717) is 12.6 Å². The maximum atomic E-state index is 6.09. The molecule has 3 fully saturated rings. The Morgan fingerprint density at radius 3 is 2.86 bits per heavy atom. The van der Waals surface area contributed by atoms with Crippen molar-refractivity contribution in [3.8, 4) is 5.75 Å². The van der Waals surface area contributed by atoms with Gasteiger partial charge in [-0.1, -0.05) is 37.3 Å². The molecule has 3 aromatic rings. The number of H-pyrrole nitrogens is 1. The number of fused-ring (bicyclic) bond motifs is 5. The largest absolute Gasteiger partial charge is 0.489 e. The Morgan fingerprint density at radius 1 is 1.10 bits per heavy atom. The van der Waals surface area contributed by atoms with Crippen molar-refractivity contribution >= 4 is 10.9 Å². The molecule has 2 bridgehead atoms. The molecule has 1 N–H and O–H groups in total. The van der Waals surface area contributed by atoms with Crippen molar-refractivity contribution in [2.75, 3.05) is 19.6 Å². The van der Waals surface area contributed by atoms with Crippen molar-refractivity contribution in [1.29, 1.82) is 0 Å². The second kappa shape index (κ2) is 6.63. The first-order chi connectivity index (χ1) is 14.3. The van der Waals surface area contributed by atoms with E-state index in [4.69, 9.17) is 4.74 Å². The van der Waals surface area contributed by atoms with Gasteiger partial charge in [-0.3, -0.25) is 0 Å². The maximum absolute atomic E-state index is 6.09. The lowest BCUT2D eigenvalue weighted by molar-refractivity contribution is -0.978. The molecule has 0 amide bonds. The number of nitrogens with one attached hydrogen (secondary N) is 1. The Hall–Kier alpha value is -2.26. The van der Waals surface area contributed by atoms with Crippen LogP contribution < -0.4 is 4.74 Å². The molecule has 2 aromatic carbocycles. The predicted octanol–water partition coefficient (Wildman–Crippen LogP) is 5.61. The summed E-state index contributed by atoms with van der Waals surface area (Å²) in [5.41, 5.74) is 5.60. The van der Waals surface area contributed by atoms with Crippen LogP contribution >= 0.6 is 0 Å². The van der Waals surface area contributed by atoms with Crippen molar-refractivity contribution in [2.24, 2.45) is 11.8 Å². The first kappa shape index (κ1) is 17.6. The van der Waals surface area contributed by atoms with Crippen molar-refractivity contribution < 1.29 is 9.22 Å². The average Bonchev–Trinajstić information content (AvgIpc) is 3.16. The van der Waals surface area contributed by atoms with E-state index in [1.54, 1.807) is 11.3 Å². The van der Waals surface area contributed by atoms with Gasteiger partial charge >= 0.3 is 0 Å². The molecule has 7 rings (SSSR count). The van der Waals surface area contributed by atoms with Crippen LogP contribution in [0.25, 0.3) is 10.9 Å². The van der Waals surface area contributed by atoms with Crippen LogP contribution in [0.5, 0.6) is 5.75 Å². The molecule has 0 saturated carbocycles. The summed E-state index contributed by atoms with van der Waals surface area (Å²) >= 11 is 0. The smallest absolute Gasteiger partial charge is 0.130 e. The zero-order chi connectivity index (χ0) is 19.4. The number of rotatable bonds is 4. The first-order valence-electron chi connectivity index (χ1n) is 11.4. The molecule has 29 heavy (non-hydrogen) atoms. The van der Waals surface area contributed by atoms with Gasteiger partial charge in [0.1, 0.15) is 18.4 Å². The fourth-order valence-corrected chi connectivity index (χ4v) is 6.66. The third-order valence-corrected chi connectivity index (χ3v) is 8.22. The Kier molecular flexibility index (Phi) is 4.02. The number of aromatic nitrogens is 1. The summed E-state index contributed by atoms with van der Waals surface area (Å²) in [6, 6.07) is 17.8. The predicted molar refractivity (Wildman–Crippen MR) is 117 cm³/mol. The highest BCUT2D eigenvalue weighted by Gasteiger charge is 2.54. The number of hydrogen-bond acceptors (Lipinski definition) is 1. The molecule has 0 radical (unpaired) electrons. The Labute approximate surface area is 173 Å². The van der Waals surface area contributed by atoms with Gasteiger partial charge in [-0.15, -0.1) is 0 Å². The average molecular weight is 388 g/mol. The molecule has 150 valence electrons. The van der Waals surface area contributed by atoms with Crippen LogP contribution in [0.1, 0.15) is 49.0 Å². The number of benzene rings is 2. The number of quaternary nitrogens is 1. The molecule has 4 aliphatic rings. The summed E-state index contributed by atoms with van der Waals surface area (Å²) in [6.45, 7) is 7.16. The third-order valence-electron chi connectivity index (χ3n) is 8.22. The van der Waals surface area contributed by atoms with Gasteiger partial charge in [0.05, 0.1) is 25.3 Å². The second-order valence-electron chi connectivity index (χ2n) is 9.57. The minimum absolute atomic E-state index is 0.621. The molecule has 0 aliphatic carbocycles. The number of aromatic amines is 1. The normalized spacial score (nSPS) is 30.2. The lowest BCUT2D eigenvalue weighted by Crippen LogP contribution is -2.65. The van der Waals surface area contributed by atoms with Crippen LogP contribution in [-0.4, -0.2) is 29.1 Å². The van der Waals surface area contributed by atoms with Gasteiger partial charge in [-0.2, -0.15) is 0 Å². The zero-order valence-electron chi connectivity index (χ0n) is 17.4. The van der Waals surface area contributed by atoms with Crippen molar-refractivity contribution in [1.82, 2.24) is 4.98 Å². The minimum atomic E-state index is 0.621. The summed E-state index contributed by atoms with van der Waals surface area (Å²) in [7, 11) is 0. The molecule has 3 saturated heterocycles. The molecular weight excluding hydrogens is 356 g/mol. The van der Waals surface area contributed by atoms with Crippen LogP contribution in [0, 0.1) is 11.8 Å². The number of nitrogens with zero attached hydrogens (tertiary/aromatic N) is 1. The summed E-state index contributed by atoms with van der Waals surface area (Å²) in [6.07, 6.45) is 5.41. The molecule has 4 atom stereocenters. The van der Waals surface area contributed by atoms with Gasteiger partial charge < -0.3 is 14.2 Å². The Morgan fingerprint density at radius 2 is 2.00 bits per heavy atom. The van der Waals surface area contributed by atoms with Gasteiger partial charge in [-0.05, 0) is 35.6 Å². The molecule has 1 spiro atoms. The highest BCUT2D eigenvalue weighted by Crippen LogP contribution is 2.53. The highest BCUT2D eigenvalue weighted by molar-refractivity contribution is 5.86. The van der Waals surface area contributed by atoms with E-state index in [9.17, 15) is 0 Å². The van der Waals surface area contributed by atoms with Gasteiger partial charge in [0.15, 0.2) is 0 Å². The number of hydrogen-bond donors (Lipinski definition) is 1. The molecule has 4 aliphatic heterocycles. The van der Waals surface area contributed by atoms with Gasteiger partial charge in [0.25, 0.3) is 0 Å². The standard InChI is InChI=1S/C26H31N2O/c1-2-19-16-28-12-10-20(19)14-25(28)26-23(11-13-28)22-9-8-21(15-24(22)27-26)29-17-18-6-4-3-5-7-18/h3-9,15,19-20,25,27H,2,10-14,16-17H2,1H3/q+1/t19-,20-,25-,28?/m0/s1. The zero-order valence-corrected chi connectivity index (χ0v) is 17.4. The van der Waals surface area contributed by atoms with E-state index < -0.39 is 0 Å². The van der Waals surface area contributed by atoms with E-state index in [1.165, 1.54) is 66.3 Å². The second-order valence-corrected chi connectivity index (χ2v) is 9.57. The maximum Gasteiger partial charge on any atom is 0.130 e. The van der Waals surface area contributed by atoms with Crippen LogP contribution in [0.2, 0.25) is 0 Å². The van der Waals surface area contributed by atoms with Crippen LogP contribution in [0.15, 0.2) is 48.5 Å². The molecule has 3 nitrogen and oxygen atoms in total. The quantitative estimate of drug-likeness (QED) is 0.578. The summed E-state index contributed by atoms with van der Waals surface area (Å²) in [5.74, 6) is 2.84. The number of piperidine rings is 3. The molecule has 3 heteroatoms. The van der Waals surface area contributed by atoms with E-state index >= 15 is 0 Å². The van der Waals surface area contributed by atoms with Crippen LogP contribution in [-0.2, 0) is 13.0 Å². The van der Waals surface area contributed by atoms with E-state index in [2.05, 4.69) is 54.4 Å². The highest BCUT2D eigenvalue weighted by atomic mass is 16.5. The lowest BCUT2D eigenvalue weighted by atomic mass is 9.70. The van der Waals surface area contributed by atoms with E-state index in [0.717, 1.165) is 17.6 Å². The molecule has 1 unspecified atom stereocenters.